The highest BCUT2D eigenvalue weighted by molar-refractivity contribution is 5.82. The number of nitrogens with one attached hydrogen (secondary N) is 2. The summed E-state index contributed by atoms with van der Waals surface area (Å²) < 4.78 is 11.0. The minimum absolute atomic E-state index is 0.0856. The lowest BCUT2D eigenvalue weighted by Crippen LogP contribution is -2.40. The number of piperidine rings is 1. The maximum Gasteiger partial charge on any atom is 0.223 e. The fraction of sp³-hybridized carbons (Fsp3) is 0.933. The molecule has 3 aliphatic rings. The van der Waals surface area contributed by atoms with Crippen LogP contribution in [-0.2, 0) is 14.3 Å². The molecule has 3 unspecified atom stereocenters. The number of carbonyl (C=O) groups excluding carboxylic acids is 1. The van der Waals surface area contributed by atoms with Gasteiger partial charge in [0.1, 0.15) is 0 Å². The molecule has 0 radical (unpaired) electrons. The van der Waals surface area contributed by atoms with Crippen LogP contribution in [-0.4, -0.2) is 51.0 Å². The van der Waals surface area contributed by atoms with Gasteiger partial charge in [-0.2, -0.15) is 0 Å². The van der Waals surface area contributed by atoms with Crippen LogP contribution in [0.25, 0.3) is 0 Å². The van der Waals surface area contributed by atoms with Crippen molar-refractivity contribution in [1.82, 2.24) is 10.6 Å². The minimum atomic E-state index is 0.0856. The van der Waals surface area contributed by atoms with Crippen LogP contribution in [0.5, 0.6) is 0 Å². The fourth-order valence-corrected chi connectivity index (χ4v) is 3.51. The SMILES string of the molecule is CC(COC1CCOC1)NC(=O)C1CC12CCNCC2. The van der Waals surface area contributed by atoms with E-state index in [2.05, 4.69) is 10.6 Å². The van der Waals surface area contributed by atoms with Crippen LogP contribution in [0.3, 0.4) is 0 Å². The summed E-state index contributed by atoms with van der Waals surface area (Å²) in [6.07, 6.45) is 4.56. The zero-order chi connectivity index (χ0) is 14.0. The number of ether oxygens (including phenoxy) is 2. The molecule has 5 nitrogen and oxygen atoms in total. The zero-order valence-electron chi connectivity index (χ0n) is 12.3. The van der Waals surface area contributed by atoms with Crippen molar-refractivity contribution >= 4 is 5.91 Å². The van der Waals surface area contributed by atoms with Gasteiger partial charge in [-0.25, -0.2) is 0 Å². The first-order valence-electron chi connectivity index (χ1n) is 7.90. The molecule has 0 aromatic carbocycles. The summed E-state index contributed by atoms with van der Waals surface area (Å²) in [7, 11) is 0. The van der Waals surface area contributed by atoms with Crippen molar-refractivity contribution in [1.29, 1.82) is 0 Å². The van der Waals surface area contributed by atoms with Crippen LogP contribution in [0.15, 0.2) is 0 Å². The number of hydrogen-bond donors (Lipinski definition) is 2. The topological polar surface area (TPSA) is 59.6 Å². The van der Waals surface area contributed by atoms with Gasteiger partial charge in [0, 0.05) is 18.6 Å². The molecule has 2 aliphatic heterocycles. The number of hydrogen-bond acceptors (Lipinski definition) is 4. The van der Waals surface area contributed by atoms with Crippen LogP contribution in [0.4, 0.5) is 0 Å². The van der Waals surface area contributed by atoms with E-state index < -0.39 is 0 Å². The van der Waals surface area contributed by atoms with E-state index in [9.17, 15) is 4.79 Å². The van der Waals surface area contributed by atoms with Gasteiger partial charge in [-0.15, -0.1) is 0 Å². The monoisotopic (exact) mass is 282 g/mol. The van der Waals surface area contributed by atoms with Crippen LogP contribution < -0.4 is 10.6 Å². The van der Waals surface area contributed by atoms with E-state index in [1.165, 1.54) is 0 Å². The predicted octanol–water partition coefficient (Wildman–Crippen LogP) is 0.686. The van der Waals surface area contributed by atoms with Gasteiger partial charge in [0.15, 0.2) is 0 Å². The molecule has 0 aromatic rings. The number of carbonyl (C=O) groups is 1. The summed E-state index contributed by atoms with van der Waals surface area (Å²) in [6, 6.07) is 0.0856. The van der Waals surface area contributed by atoms with Crippen LogP contribution in [0.2, 0.25) is 0 Å². The molecule has 1 aliphatic carbocycles. The highest BCUT2D eigenvalue weighted by atomic mass is 16.5. The first-order chi connectivity index (χ1) is 9.70. The lowest BCUT2D eigenvalue weighted by Gasteiger charge is -2.24. The Kier molecular flexibility index (Phi) is 4.29. The maximum absolute atomic E-state index is 12.3. The van der Waals surface area contributed by atoms with Crippen LogP contribution in [0.1, 0.15) is 32.6 Å². The molecule has 5 heteroatoms. The average Bonchev–Trinajstić information content (AvgIpc) is 2.89. The molecule has 3 rings (SSSR count). The Bertz CT molecular complexity index is 349. The Morgan fingerprint density at radius 3 is 3.00 bits per heavy atom. The Morgan fingerprint density at radius 1 is 1.50 bits per heavy atom. The summed E-state index contributed by atoms with van der Waals surface area (Å²) in [5.74, 6) is 0.465. The third-order valence-electron chi connectivity index (χ3n) is 4.96. The molecule has 2 N–H and O–H groups in total. The number of rotatable bonds is 5. The smallest absolute Gasteiger partial charge is 0.223 e. The molecule has 0 aromatic heterocycles. The third kappa shape index (κ3) is 3.15. The predicted molar refractivity (Wildman–Crippen MR) is 75.4 cm³/mol. The van der Waals surface area contributed by atoms with Gasteiger partial charge in [-0.05, 0) is 51.1 Å². The highest BCUT2D eigenvalue weighted by Crippen LogP contribution is 2.58. The van der Waals surface area contributed by atoms with Gasteiger partial charge in [0.2, 0.25) is 5.91 Å². The Balaban J connectivity index is 1.38. The van der Waals surface area contributed by atoms with Crippen molar-refractivity contribution in [2.45, 2.75) is 44.8 Å². The molecule has 2 saturated heterocycles. The van der Waals surface area contributed by atoms with Gasteiger partial charge < -0.3 is 20.1 Å². The summed E-state index contributed by atoms with van der Waals surface area (Å²) >= 11 is 0. The van der Waals surface area contributed by atoms with E-state index in [0.29, 0.717) is 18.6 Å². The second-order valence-corrected chi connectivity index (χ2v) is 6.60. The summed E-state index contributed by atoms with van der Waals surface area (Å²) in [5.41, 5.74) is 0.315. The Labute approximate surface area is 120 Å². The van der Waals surface area contributed by atoms with Gasteiger partial charge in [0.05, 0.1) is 19.3 Å². The first-order valence-corrected chi connectivity index (χ1v) is 7.90. The van der Waals surface area contributed by atoms with Crippen molar-refractivity contribution in [2.75, 3.05) is 32.9 Å². The molecule has 1 saturated carbocycles. The Morgan fingerprint density at radius 2 is 2.30 bits per heavy atom. The summed E-state index contributed by atoms with van der Waals surface area (Å²) in [4.78, 5) is 12.3. The van der Waals surface area contributed by atoms with Gasteiger partial charge >= 0.3 is 0 Å². The Hall–Kier alpha value is -0.650. The molecule has 0 bridgehead atoms. The third-order valence-corrected chi connectivity index (χ3v) is 4.96. The largest absolute Gasteiger partial charge is 0.379 e. The van der Waals surface area contributed by atoms with Gasteiger partial charge in [-0.1, -0.05) is 0 Å². The summed E-state index contributed by atoms with van der Waals surface area (Å²) in [5, 5.41) is 6.48. The van der Waals surface area contributed by atoms with E-state index in [0.717, 1.165) is 45.4 Å². The second-order valence-electron chi connectivity index (χ2n) is 6.60. The van der Waals surface area contributed by atoms with Crippen molar-refractivity contribution in [3.05, 3.63) is 0 Å². The first kappa shape index (κ1) is 14.3. The average molecular weight is 282 g/mol. The molecule has 114 valence electrons. The summed E-state index contributed by atoms with van der Waals surface area (Å²) in [6.45, 7) is 6.21. The van der Waals surface area contributed by atoms with E-state index in [4.69, 9.17) is 9.47 Å². The standard InChI is InChI=1S/C15H26N2O3/c1-11(9-20-12-2-7-19-10-12)17-14(18)13-8-15(13)3-5-16-6-4-15/h11-13,16H,2-10H2,1H3,(H,17,18). The fourth-order valence-electron chi connectivity index (χ4n) is 3.51. The van der Waals surface area contributed by atoms with Crippen molar-refractivity contribution in [3.8, 4) is 0 Å². The minimum Gasteiger partial charge on any atom is -0.379 e. The van der Waals surface area contributed by atoms with Crippen molar-refractivity contribution < 1.29 is 14.3 Å². The molecule has 1 spiro atoms. The molecular weight excluding hydrogens is 256 g/mol. The lowest BCUT2D eigenvalue weighted by molar-refractivity contribution is -0.124. The van der Waals surface area contributed by atoms with E-state index in [-0.39, 0.29) is 24.0 Å². The molecule has 3 fully saturated rings. The molecule has 3 atom stereocenters. The molecule has 2 heterocycles. The highest BCUT2D eigenvalue weighted by Gasteiger charge is 2.57. The normalized spacial score (nSPS) is 33.0. The van der Waals surface area contributed by atoms with E-state index in [1.807, 2.05) is 6.92 Å². The van der Waals surface area contributed by atoms with Crippen LogP contribution in [0, 0.1) is 11.3 Å². The van der Waals surface area contributed by atoms with Gasteiger partial charge in [0.25, 0.3) is 0 Å². The van der Waals surface area contributed by atoms with E-state index in [1.54, 1.807) is 0 Å². The van der Waals surface area contributed by atoms with Gasteiger partial charge in [-0.3, -0.25) is 4.79 Å². The zero-order valence-corrected chi connectivity index (χ0v) is 12.3. The molecule has 20 heavy (non-hydrogen) atoms. The van der Waals surface area contributed by atoms with Crippen molar-refractivity contribution in [3.63, 3.8) is 0 Å². The maximum atomic E-state index is 12.3. The number of amides is 1. The second kappa shape index (κ2) is 6.00. The van der Waals surface area contributed by atoms with Crippen molar-refractivity contribution in [2.24, 2.45) is 11.3 Å². The van der Waals surface area contributed by atoms with Crippen LogP contribution >= 0.6 is 0 Å². The lowest BCUT2D eigenvalue weighted by atomic mass is 9.91. The molecular formula is C15H26N2O3. The van der Waals surface area contributed by atoms with E-state index >= 15 is 0 Å². The quantitative estimate of drug-likeness (QED) is 0.779. The molecule has 1 amide bonds.